The molecule has 1 rings (SSSR count). The maximum absolute atomic E-state index is 11.3. The fourth-order valence-electron chi connectivity index (χ4n) is 1.66. The summed E-state index contributed by atoms with van der Waals surface area (Å²) in [4.78, 5) is 16.3. The Balaban J connectivity index is 0.000000821. The van der Waals surface area contributed by atoms with E-state index in [-0.39, 0.29) is 18.2 Å². The number of halogens is 6. The van der Waals surface area contributed by atoms with Crippen LogP contribution in [0.1, 0.15) is 20.8 Å². The molecule has 0 unspecified atom stereocenters. The molecule has 158 valence electrons. The number of esters is 1. The summed E-state index contributed by atoms with van der Waals surface area (Å²) in [6, 6.07) is 1.61. The first-order chi connectivity index (χ1) is 11.8. The normalized spacial score (nSPS) is 21.4. The van der Waals surface area contributed by atoms with Gasteiger partial charge in [0.15, 0.2) is 0 Å². The minimum absolute atomic E-state index is 0.0124. The van der Waals surface area contributed by atoms with Gasteiger partial charge in [-0.3, -0.25) is 10.6 Å². The van der Waals surface area contributed by atoms with E-state index in [0.29, 0.717) is 19.7 Å². The molecule has 0 atom stereocenters. The standard InChI is InChI=1S/C12H18N4O4.F6P/c1-4-18-10(17)9(7-13)15-20-11(14)16-5-6-19-12(2,3)8-16;1-7(2,3,4,5)6/h14H,4-6,8H2,1-3H3;/q;-1/p+1. The average Bonchev–Trinajstić information content (AvgIpc) is 2.43. The van der Waals surface area contributed by atoms with Crippen molar-refractivity contribution in [2.45, 2.75) is 26.4 Å². The molecule has 27 heavy (non-hydrogen) atoms. The van der Waals surface area contributed by atoms with Gasteiger partial charge in [0.1, 0.15) is 24.8 Å². The first-order valence-corrected chi connectivity index (χ1v) is 9.27. The van der Waals surface area contributed by atoms with Crippen LogP contribution in [0.25, 0.3) is 0 Å². The van der Waals surface area contributed by atoms with E-state index < -0.39 is 19.5 Å². The predicted octanol–water partition coefficient (Wildman–Crippen LogP) is 2.96. The first-order valence-electron chi connectivity index (χ1n) is 7.24. The minimum atomic E-state index is -10.7. The van der Waals surface area contributed by atoms with E-state index in [9.17, 15) is 30.0 Å². The molecule has 0 bridgehead atoms. The van der Waals surface area contributed by atoms with Crippen molar-refractivity contribution in [3.05, 3.63) is 0 Å². The van der Waals surface area contributed by atoms with E-state index in [1.165, 1.54) is 0 Å². The molecule has 0 aliphatic carbocycles. The average molecular weight is 428 g/mol. The molecule has 1 fully saturated rings. The van der Waals surface area contributed by atoms with Crippen LogP contribution < -0.4 is 5.73 Å². The third-order valence-corrected chi connectivity index (χ3v) is 2.54. The van der Waals surface area contributed by atoms with Crippen LogP contribution >= 0.6 is 7.81 Å². The fourth-order valence-corrected chi connectivity index (χ4v) is 1.66. The number of carbonyl (C=O) groups is 1. The number of carbonyl (C=O) groups excluding carboxylic acids is 1. The summed E-state index contributed by atoms with van der Waals surface area (Å²) in [5.41, 5.74) is 4.91. The van der Waals surface area contributed by atoms with Crippen molar-refractivity contribution in [3.63, 3.8) is 0 Å². The predicted molar refractivity (Wildman–Crippen MR) is 83.6 cm³/mol. The van der Waals surface area contributed by atoms with Gasteiger partial charge in [-0.2, -0.15) is 5.26 Å². The molecule has 0 amide bonds. The SMILES string of the molecule is CCOC(=O)C(C#N)=NOC(N)=[N+]1CCOC(C)(C)C1.F[P-](F)(F)(F)(F)F. The molecule has 1 heterocycles. The molecule has 15 heteroatoms. The van der Waals surface area contributed by atoms with Crippen LogP contribution in [0.15, 0.2) is 5.16 Å². The van der Waals surface area contributed by atoms with E-state index in [2.05, 4.69) is 9.89 Å². The number of nitriles is 1. The molecular formula is C12H19F6N4O4P. The Hall–Kier alpha value is -2.13. The Kier molecular flexibility index (Phi) is 7.23. The third kappa shape index (κ3) is 14.7. The second-order valence-corrected chi connectivity index (χ2v) is 7.61. The van der Waals surface area contributed by atoms with Crippen LogP contribution in [0.3, 0.4) is 0 Å². The molecule has 0 spiro atoms. The van der Waals surface area contributed by atoms with Gasteiger partial charge in [0, 0.05) is 0 Å². The van der Waals surface area contributed by atoms with Gasteiger partial charge in [0.2, 0.25) is 0 Å². The van der Waals surface area contributed by atoms with Crippen molar-refractivity contribution in [2.24, 2.45) is 10.9 Å². The summed E-state index contributed by atoms with van der Waals surface area (Å²) >= 11 is 0. The fraction of sp³-hybridized carbons (Fsp3) is 0.667. The monoisotopic (exact) mass is 428 g/mol. The molecule has 0 aromatic carbocycles. The molecule has 1 aliphatic heterocycles. The Morgan fingerprint density at radius 2 is 1.85 bits per heavy atom. The number of hydrogen-bond acceptors (Lipinski definition) is 6. The zero-order chi connectivity index (χ0) is 21.6. The number of nitrogens with two attached hydrogens (primary N) is 1. The van der Waals surface area contributed by atoms with Crippen molar-refractivity contribution in [2.75, 3.05) is 26.3 Å². The van der Waals surface area contributed by atoms with Crippen LogP contribution in [-0.4, -0.2) is 54.2 Å². The van der Waals surface area contributed by atoms with Gasteiger partial charge in [-0.05, 0) is 20.8 Å². The van der Waals surface area contributed by atoms with E-state index >= 15 is 0 Å². The molecule has 0 aromatic heterocycles. The third-order valence-electron chi connectivity index (χ3n) is 2.54. The summed E-state index contributed by atoms with van der Waals surface area (Å²) in [7, 11) is -10.7. The zero-order valence-corrected chi connectivity index (χ0v) is 15.5. The topological polar surface area (TPSA) is 110 Å². The van der Waals surface area contributed by atoms with Crippen molar-refractivity contribution in [1.29, 1.82) is 5.26 Å². The van der Waals surface area contributed by atoms with Crippen LogP contribution in [0.4, 0.5) is 25.2 Å². The second-order valence-electron chi connectivity index (χ2n) is 5.69. The first kappa shape index (κ1) is 24.9. The molecule has 2 N–H and O–H groups in total. The number of hydrogen-bond donors (Lipinski definition) is 1. The van der Waals surface area contributed by atoms with Gasteiger partial charge < -0.3 is 9.47 Å². The number of rotatable bonds is 3. The summed E-state index contributed by atoms with van der Waals surface area (Å²) in [6.07, 6.45) is 0. The molecule has 0 saturated carbocycles. The molecular weight excluding hydrogens is 409 g/mol. The number of nitrogens with zero attached hydrogens (tertiary/aromatic N) is 3. The van der Waals surface area contributed by atoms with Gasteiger partial charge in [0.25, 0.3) is 5.71 Å². The van der Waals surface area contributed by atoms with Gasteiger partial charge in [-0.1, -0.05) is 5.16 Å². The molecule has 1 saturated heterocycles. The van der Waals surface area contributed by atoms with E-state index in [4.69, 9.17) is 20.6 Å². The van der Waals surface area contributed by atoms with E-state index in [1.54, 1.807) is 17.6 Å². The van der Waals surface area contributed by atoms with E-state index in [0.717, 1.165) is 0 Å². The number of amidine groups is 1. The second kappa shape index (κ2) is 7.85. The zero-order valence-electron chi connectivity index (χ0n) is 14.6. The quantitative estimate of drug-likeness (QED) is 0.141. The summed E-state index contributed by atoms with van der Waals surface area (Å²) < 4.78 is 71.1. The Morgan fingerprint density at radius 3 is 2.26 bits per heavy atom. The molecule has 0 radical (unpaired) electrons. The summed E-state index contributed by atoms with van der Waals surface area (Å²) in [6.45, 7) is 7.20. The van der Waals surface area contributed by atoms with Crippen LogP contribution in [0.5, 0.6) is 0 Å². The Labute approximate surface area is 150 Å². The van der Waals surface area contributed by atoms with Crippen LogP contribution in [0, 0.1) is 11.3 Å². The number of ether oxygens (including phenoxy) is 2. The summed E-state index contributed by atoms with van der Waals surface area (Å²) in [5, 5.41) is 12.2. The van der Waals surface area contributed by atoms with Crippen molar-refractivity contribution in [3.8, 4) is 6.07 Å². The van der Waals surface area contributed by atoms with E-state index in [1.807, 2.05) is 13.8 Å². The van der Waals surface area contributed by atoms with Gasteiger partial charge in [0.05, 0.1) is 13.2 Å². The summed E-state index contributed by atoms with van der Waals surface area (Å²) in [5.74, 6) is -0.842. The van der Waals surface area contributed by atoms with Gasteiger partial charge in [-0.25, -0.2) is 9.37 Å². The van der Waals surface area contributed by atoms with Crippen molar-refractivity contribution in [1.82, 2.24) is 0 Å². The Bertz CT molecular complexity index is 658. The number of oxime groups is 1. The van der Waals surface area contributed by atoms with Crippen molar-refractivity contribution >= 4 is 25.5 Å². The number of morpholine rings is 1. The maximum atomic E-state index is 11.3. The molecule has 0 aromatic rings. The molecule has 8 nitrogen and oxygen atoms in total. The van der Waals surface area contributed by atoms with Crippen molar-refractivity contribution < 1.29 is 48.9 Å². The van der Waals surface area contributed by atoms with Gasteiger partial charge in [-0.15, -0.1) is 0 Å². The van der Waals surface area contributed by atoms with Gasteiger partial charge >= 0.3 is 45.0 Å². The molecule has 1 aliphatic rings. The Morgan fingerprint density at radius 1 is 1.33 bits per heavy atom. The van der Waals surface area contributed by atoms with Crippen LogP contribution in [-0.2, 0) is 19.1 Å². The van der Waals surface area contributed by atoms with Crippen LogP contribution in [0.2, 0.25) is 0 Å².